The fraction of sp³-hybridized carbons (Fsp3) is 0.350. The minimum atomic E-state index is -0.0487. The molecular weight excluding hydrogens is 320 g/mol. The molecule has 2 aromatic rings. The fourth-order valence-electron chi connectivity index (χ4n) is 3.34. The summed E-state index contributed by atoms with van der Waals surface area (Å²) < 4.78 is 0. The molecule has 1 N–H and O–H groups in total. The fourth-order valence-corrected chi connectivity index (χ4v) is 3.60. The minimum Gasteiger partial charge on any atom is -0.317 e. The number of urea groups is 1. The van der Waals surface area contributed by atoms with E-state index in [1.807, 2.05) is 60.4 Å². The number of rotatable bonds is 2. The molecule has 126 valence electrons. The van der Waals surface area contributed by atoms with Gasteiger partial charge in [0.1, 0.15) is 0 Å². The number of benzene rings is 2. The van der Waals surface area contributed by atoms with E-state index in [2.05, 4.69) is 5.32 Å². The molecule has 24 heavy (non-hydrogen) atoms. The van der Waals surface area contributed by atoms with Crippen LogP contribution in [0.15, 0.2) is 48.5 Å². The first kappa shape index (κ1) is 16.8. The standard InChI is InChI=1S/C20H23ClN2O/c1-15-8-7-9-16(14-15)22-20(24)23-13-6-2-3-12-19(23)17-10-4-5-11-18(17)21/h4-5,7-11,14,19H,2-3,6,12-13H2,1H3,(H,22,24). The third kappa shape index (κ3) is 3.90. The van der Waals surface area contributed by atoms with E-state index in [1.54, 1.807) is 0 Å². The topological polar surface area (TPSA) is 32.3 Å². The highest BCUT2D eigenvalue weighted by Gasteiger charge is 2.28. The lowest BCUT2D eigenvalue weighted by Gasteiger charge is -2.31. The summed E-state index contributed by atoms with van der Waals surface area (Å²) in [6, 6.07) is 15.7. The van der Waals surface area contributed by atoms with Gasteiger partial charge in [0.05, 0.1) is 6.04 Å². The van der Waals surface area contributed by atoms with Gasteiger partial charge >= 0.3 is 6.03 Å². The summed E-state index contributed by atoms with van der Waals surface area (Å²) in [6.45, 7) is 2.78. The number of anilines is 1. The molecule has 1 fully saturated rings. The summed E-state index contributed by atoms with van der Waals surface area (Å²) in [5.41, 5.74) is 3.01. The number of hydrogen-bond acceptors (Lipinski definition) is 1. The molecule has 1 aliphatic heterocycles. The lowest BCUT2D eigenvalue weighted by atomic mass is 10.0. The van der Waals surface area contributed by atoms with Crippen LogP contribution < -0.4 is 5.32 Å². The van der Waals surface area contributed by atoms with Gasteiger partial charge in [0.25, 0.3) is 0 Å². The molecule has 0 radical (unpaired) electrons. The maximum Gasteiger partial charge on any atom is 0.322 e. The zero-order valence-corrected chi connectivity index (χ0v) is 14.7. The van der Waals surface area contributed by atoms with E-state index < -0.39 is 0 Å². The smallest absolute Gasteiger partial charge is 0.317 e. The largest absolute Gasteiger partial charge is 0.322 e. The van der Waals surface area contributed by atoms with E-state index in [0.717, 1.165) is 54.1 Å². The van der Waals surface area contributed by atoms with Gasteiger partial charge in [-0.25, -0.2) is 4.79 Å². The quantitative estimate of drug-likeness (QED) is 0.735. The van der Waals surface area contributed by atoms with E-state index in [9.17, 15) is 4.79 Å². The Morgan fingerprint density at radius 1 is 1.12 bits per heavy atom. The lowest BCUT2D eigenvalue weighted by Crippen LogP contribution is -2.38. The van der Waals surface area contributed by atoms with Crippen molar-refractivity contribution in [3.05, 3.63) is 64.7 Å². The van der Waals surface area contributed by atoms with Gasteiger partial charge in [0, 0.05) is 17.3 Å². The number of amides is 2. The molecule has 1 aliphatic rings. The summed E-state index contributed by atoms with van der Waals surface area (Å²) in [6.07, 6.45) is 4.24. The number of carbonyl (C=O) groups excluding carboxylic acids is 1. The Bertz CT molecular complexity index is 716. The second kappa shape index (κ2) is 7.71. The third-order valence-corrected chi connectivity index (χ3v) is 4.89. The van der Waals surface area contributed by atoms with Crippen molar-refractivity contribution in [3.63, 3.8) is 0 Å². The Balaban J connectivity index is 1.84. The highest BCUT2D eigenvalue weighted by molar-refractivity contribution is 6.31. The normalized spacial score (nSPS) is 18.1. The summed E-state index contributed by atoms with van der Waals surface area (Å²) in [5, 5.41) is 3.78. The van der Waals surface area contributed by atoms with Gasteiger partial charge in [0.15, 0.2) is 0 Å². The van der Waals surface area contributed by atoms with Crippen LogP contribution in [0.1, 0.15) is 42.9 Å². The number of hydrogen-bond donors (Lipinski definition) is 1. The first-order valence-electron chi connectivity index (χ1n) is 8.54. The number of nitrogens with one attached hydrogen (secondary N) is 1. The number of likely N-dealkylation sites (tertiary alicyclic amines) is 1. The Morgan fingerprint density at radius 3 is 2.75 bits per heavy atom. The molecule has 2 aromatic carbocycles. The summed E-state index contributed by atoms with van der Waals surface area (Å²) >= 11 is 6.40. The van der Waals surface area contributed by atoms with Crippen molar-refractivity contribution in [2.75, 3.05) is 11.9 Å². The highest BCUT2D eigenvalue weighted by Crippen LogP contribution is 2.34. The van der Waals surface area contributed by atoms with E-state index in [1.165, 1.54) is 0 Å². The molecule has 1 heterocycles. The molecule has 3 nitrogen and oxygen atoms in total. The lowest BCUT2D eigenvalue weighted by molar-refractivity contribution is 0.189. The van der Waals surface area contributed by atoms with Gasteiger partial charge in [0.2, 0.25) is 0 Å². The predicted octanol–water partition coefficient (Wildman–Crippen LogP) is 5.80. The van der Waals surface area contributed by atoms with Gasteiger partial charge in [-0.3, -0.25) is 0 Å². The van der Waals surface area contributed by atoms with E-state index in [4.69, 9.17) is 11.6 Å². The molecule has 1 unspecified atom stereocenters. The van der Waals surface area contributed by atoms with E-state index in [0.29, 0.717) is 0 Å². The molecule has 0 aromatic heterocycles. The van der Waals surface area contributed by atoms with Crippen LogP contribution in [0.3, 0.4) is 0 Å². The first-order chi connectivity index (χ1) is 11.6. The minimum absolute atomic E-state index is 0.0333. The molecule has 1 atom stereocenters. The second-order valence-electron chi connectivity index (χ2n) is 6.38. The van der Waals surface area contributed by atoms with Crippen molar-refractivity contribution >= 4 is 23.3 Å². The van der Waals surface area contributed by atoms with E-state index in [-0.39, 0.29) is 12.1 Å². The SMILES string of the molecule is Cc1cccc(NC(=O)N2CCCCCC2c2ccccc2Cl)c1. The average Bonchev–Trinajstić information content (AvgIpc) is 2.81. The van der Waals surface area contributed by atoms with E-state index >= 15 is 0 Å². The van der Waals surface area contributed by atoms with Crippen molar-refractivity contribution in [2.45, 2.75) is 38.6 Å². The van der Waals surface area contributed by atoms with Crippen LogP contribution in [-0.2, 0) is 0 Å². The molecule has 0 saturated carbocycles. The van der Waals surface area contributed by atoms with Crippen LogP contribution in [-0.4, -0.2) is 17.5 Å². The van der Waals surface area contributed by atoms with Crippen LogP contribution in [0.5, 0.6) is 0 Å². The molecule has 2 amide bonds. The molecular formula is C20H23ClN2O. The van der Waals surface area contributed by atoms with Gasteiger partial charge in [-0.05, 0) is 49.1 Å². The molecule has 4 heteroatoms. The van der Waals surface area contributed by atoms with Crippen LogP contribution in [0.25, 0.3) is 0 Å². The molecule has 0 bridgehead atoms. The van der Waals surface area contributed by atoms with Crippen LogP contribution in [0.2, 0.25) is 5.02 Å². The van der Waals surface area contributed by atoms with Gasteiger partial charge in [-0.15, -0.1) is 0 Å². The summed E-state index contributed by atoms with van der Waals surface area (Å²) in [4.78, 5) is 14.8. The second-order valence-corrected chi connectivity index (χ2v) is 6.79. The number of nitrogens with zero attached hydrogens (tertiary/aromatic N) is 1. The van der Waals surface area contributed by atoms with Crippen molar-refractivity contribution in [3.8, 4) is 0 Å². The maximum atomic E-state index is 12.9. The highest BCUT2D eigenvalue weighted by atomic mass is 35.5. The molecule has 0 aliphatic carbocycles. The van der Waals surface area contributed by atoms with Gasteiger partial charge in [-0.2, -0.15) is 0 Å². The zero-order chi connectivity index (χ0) is 16.9. The average molecular weight is 343 g/mol. The van der Waals surface area contributed by atoms with Crippen molar-refractivity contribution in [1.82, 2.24) is 4.90 Å². The Hall–Kier alpha value is -2.00. The summed E-state index contributed by atoms with van der Waals surface area (Å²) in [7, 11) is 0. The van der Waals surface area contributed by atoms with Crippen molar-refractivity contribution in [2.24, 2.45) is 0 Å². The Kier molecular flexibility index (Phi) is 5.41. The predicted molar refractivity (Wildman–Crippen MR) is 99.6 cm³/mol. The van der Waals surface area contributed by atoms with Crippen molar-refractivity contribution in [1.29, 1.82) is 0 Å². The van der Waals surface area contributed by atoms with Crippen LogP contribution >= 0.6 is 11.6 Å². The first-order valence-corrected chi connectivity index (χ1v) is 8.91. The monoisotopic (exact) mass is 342 g/mol. The van der Waals surface area contributed by atoms with Gasteiger partial charge in [-0.1, -0.05) is 54.8 Å². The number of halogens is 1. The zero-order valence-electron chi connectivity index (χ0n) is 14.0. The van der Waals surface area contributed by atoms with Gasteiger partial charge < -0.3 is 10.2 Å². The third-order valence-electron chi connectivity index (χ3n) is 4.55. The molecule has 1 saturated heterocycles. The molecule has 0 spiro atoms. The Morgan fingerprint density at radius 2 is 1.96 bits per heavy atom. The van der Waals surface area contributed by atoms with Crippen molar-refractivity contribution < 1.29 is 4.79 Å². The number of carbonyl (C=O) groups is 1. The molecule has 3 rings (SSSR count). The maximum absolute atomic E-state index is 12.9. The summed E-state index contributed by atoms with van der Waals surface area (Å²) in [5.74, 6) is 0. The number of aryl methyl sites for hydroxylation is 1. The van der Waals surface area contributed by atoms with Crippen LogP contribution in [0, 0.1) is 6.92 Å². The van der Waals surface area contributed by atoms with Crippen LogP contribution in [0.4, 0.5) is 10.5 Å². The Labute approximate surface area is 148 Å².